The Morgan fingerprint density at radius 3 is 2.71 bits per heavy atom. The summed E-state index contributed by atoms with van der Waals surface area (Å²) in [6, 6.07) is 0. The molecule has 0 saturated heterocycles. The lowest BCUT2D eigenvalue weighted by atomic mass is 9.81. The van der Waals surface area contributed by atoms with Gasteiger partial charge in [-0.25, -0.2) is 0 Å². The second-order valence-electron chi connectivity index (χ2n) is 4.60. The van der Waals surface area contributed by atoms with Gasteiger partial charge in [0.05, 0.1) is 6.61 Å². The predicted octanol–water partition coefficient (Wildman–Crippen LogP) is 2.36. The SMILES string of the molecule is CC(C)C(C)(C)O[B]C1=CCOCC1. The Kier molecular flexibility index (Phi) is 4.20. The average Bonchev–Trinajstić information content (AvgIpc) is 2.16. The molecule has 0 aromatic heterocycles. The van der Waals surface area contributed by atoms with Crippen LogP contribution in [-0.2, 0) is 9.39 Å². The Hall–Kier alpha value is -0.275. The van der Waals surface area contributed by atoms with E-state index in [2.05, 4.69) is 33.8 Å². The Bertz CT molecular complexity index is 209. The fourth-order valence-electron chi connectivity index (χ4n) is 1.01. The zero-order chi connectivity index (χ0) is 10.6. The third-order valence-electron chi connectivity index (χ3n) is 2.90. The van der Waals surface area contributed by atoms with Gasteiger partial charge in [0, 0.05) is 12.2 Å². The molecule has 0 unspecified atom stereocenters. The van der Waals surface area contributed by atoms with Crippen molar-refractivity contribution in [3.63, 3.8) is 0 Å². The van der Waals surface area contributed by atoms with Gasteiger partial charge in [-0.1, -0.05) is 25.4 Å². The van der Waals surface area contributed by atoms with Crippen molar-refractivity contribution in [1.82, 2.24) is 0 Å². The lowest BCUT2D eigenvalue weighted by Crippen LogP contribution is -2.33. The Labute approximate surface area is 87.9 Å². The molecule has 14 heavy (non-hydrogen) atoms. The molecule has 0 bridgehead atoms. The monoisotopic (exact) mass is 195 g/mol. The van der Waals surface area contributed by atoms with E-state index in [4.69, 9.17) is 9.39 Å². The van der Waals surface area contributed by atoms with E-state index in [0.29, 0.717) is 5.92 Å². The van der Waals surface area contributed by atoms with Crippen LogP contribution in [0.1, 0.15) is 34.1 Å². The summed E-state index contributed by atoms with van der Waals surface area (Å²) >= 11 is 0. The molecule has 0 spiro atoms. The van der Waals surface area contributed by atoms with Gasteiger partial charge in [-0.15, -0.1) is 0 Å². The summed E-state index contributed by atoms with van der Waals surface area (Å²) < 4.78 is 11.0. The van der Waals surface area contributed by atoms with Crippen LogP contribution in [0.2, 0.25) is 0 Å². The summed E-state index contributed by atoms with van der Waals surface area (Å²) in [5.41, 5.74) is 1.17. The molecule has 0 aromatic rings. The fraction of sp³-hybridized carbons (Fsp3) is 0.818. The van der Waals surface area contributed by atoms with E-state index in [1.54, 1.807) is 0 Å². The number of rotatable bonds is 4. The van der Waals surface area contributed by atoms with Crippen molar-refractivity contribution in [1.29, 1.82) is 0 Å². The first kappa shape index (κ1) is 11.8. The van der Waals surface area contributed by atoms with Gasteiger partial charge < -0.3 is 9.39 Å². The topological polar surface area (TPSA) is 18.5 Å². The number of ether oxygens (including phenoxy) is 1. The molecular weight excluding hydrogens is 175 g/mol. The van der Waals surface area contributed by atoms with Gasteiger partial charge >= 0.3 is 7.48 Å². The molecule has 1 rings (SSSR count). The molecule has 2 nitrogen and oxygen atoms in total. The van der Waals surface area contributed by atoms with Crippen LogP contribution in [0, 0.1) is 5.92 Å². The summed E-state index contributed by atoms with van der Waals surface area (Å²) in [7, 11) is 1.89. The highest BCUT2D eigenvalue weighted by molar-refractivity contribution is 6.38. The lowest BCUT2D eigenvalue weighted by Gasteiger charge is -2.30. The van der Waals surface area contributed by atoms with E-state index in [1.807, 2.05) is 7.48 Å². The summed E-state index contributed by atoms with van der Waals surface area (Å²) in [4.78, 5) is 0. The van der Waals surface area contributed by atoms with E-state index in [1.165, 1.54) is 5.47 Å². The first-order chi connectivity index (χ1) is 6.52. The van der Waals surface area contributed by atoms with E-state index in [9.17, 15) is 0 Å². The smallest absolute Gasteiger partial charge is 0.326 e. The Balaban J connectivity index is 2.35. The van der Waals surface area contributed by atoms with Crippen LogP contribution in [0.4, 0.5) is 0 Å². The molecule has 0 atom stereocenters. The summed E-state index contributed by atoms with van der Waals surface area (Å²) in [6.45, 7) is 10.1. The second-order valence-corrected chi connectivity index (χ2v) is 4.60. The standard InChI is InChI=1S/C11H20BO2/c1-9(2)11(3,4)14-12-10-5-7-13-8-6-10/h5,9H,6-8H2,1-4H3. The number of hydrogen-bond donors (Lipinski definition) is 0. The van der Waals surface area contributed by atoms with E-state index in [0.717, 1.165) is 19.6 Å². The minimum absolute atomic E-state index is 0.0842. The first-order valence-electron chi connectivity index (χ1n) is 5.30. The van der Waals surface area contributed by atoms with Crippen molar-refractivity contribution < 1.29 is 9.39 Å². The molecule has 3 heteroatoms. The molecule has 1 heterocycles. The minimum atomic E-state index is -0.0842. The van der Waals surface area contributed by atoms with E-state index < -0.39 is 0 Å². The van der Waals surface area contributed by atoms with Crippen LogP contribution in [0.15, 0.2) is 11.5 Å². The molecule has 1 aliphatic heterocycles. The van der Waals surface area contributed by atoms with Crippen molar-refractivity contribution in [3.05, 3.63) is 11.5 Å². The van der Waals surface area contributed by atoms with Crippen LogP contribution in [0.25, 0.3) is 0 Å². The van der Waals surface area contributed by atoms with Crippen molar-refractivity contribution in [3.8, 4) is 0 Å². The average molecular weight is 195 g/mol. The van der Waals surface area contributed by atoms with Gasteiger partial charge in [-0.3, -0.25) is 0 Å². The highest BCUT2D eigenvalue weighted by Crippen LogP contribution is 2.21. The molecule has 0 aliphatic carbocycles. The summed E-state index contributed by atoms with van der Waals surface area (Å²) in [5.74, 6) is 0.513. The van der Waals surface area contributed by atoms with Crippen molar-refractivity contribution in [2.75, 3.05) is 13.2 Å². The molecule has 0 aromatic carbocycles. The Morgan fingerprint density at radius 2 is 2.21 bits per heavy atom. The zero-order valence-electron chi connectivity index (χ0n) is 9.67. The lowest BCUT2D eigenvalue weighted by molar-refractivity contribution is 0.0647. The van der Waals surface area contributed by atoms with Gasteiger partial charge in [-0.05, 0) is 26.2 Å². The maximum atomic E-state index is 5.78. The first-order valence-corrected chi connectivity index (χ1v) is 5.30. The van der Waals surface area contributed by atoms with Gasteiger partial charge in [0.2, 0.25) is 0 Å². The van der Waals surface area contributed by atoms with Gasteiger partial charge in [0.15, 0.2) is 0 Å². The van der Waals surface area contributed by atoms with Gasteiger partial charge in [0.1, 0.15) is 0 Å². The quantitative estimate of drug-likeness (QED) is 0.641. The zero-order valence-corrected chi connectivity index (χ0v) is 9.67. The van der Waals surface area contributed by atoms with Crippen molar-refractivity contribution in [2.45, 2.75) is 39.7 Å². The van der Waals surface area contributed by atoms with Crippen molar-refractivity contribution in [2.24, 2.45) is 5.92 Å². The second kappa shape index (κ2) is 4.99. The molecule has 0 amide bonds. The van der Waals surface area contributed by atoms with Gasteiger partial charge in [0.25, 0.3) is 0 Å². The van der Waals surface area contributed by atoms with E-state index >= 15 is 0 Å². The molecule has 1 radical (unpaired) electrons. The molecule has 0 saturated carbocycles. The van der Waals surface area contributed by atoms with Crippen LogP contribution in [-0.4, -0.2) is 26.3 Å². The highest BCUT2D eigenvalue weighted by atomic mass is 16.5. The Morgan fingerprint density at radius 1 is 1.50 bits per heavy atom. The third kappa shape index (κ3) is 3.47. The summed E-state index contributed by atoms with van der Waals surface area (Å²) in [6.07, 6.45) is 3.05. The van der Waals surface area contributed by atoms with Crippen LogP contribution in [0.5, 0.6) is 0 Å². The molecule has 0 N–H and O–H groups in total. The third-order valence-corrected chi connectivity index (χ3v) is 2.90. The fourth-order valence-corrected chi connectivity index (χ4v) is 1.01. The number of hydrogen-bond acceptors (Lipinski definition) is 2. The minimum Gasteiger partial charge on any atom is -0.430 e. The molecular formula is C11H20BO2. The molecule has 0 fully saturated rings. The maximum Gasteiger partial charge on any atom is 0.326 e. The van der Waals surface area contributed by atoms with Gasteiger partial charge in [-0.2, -0.15) is 0 Å². The van der Waals surface area contributed by atoms with E-state index in [-0.39, 0.29) is 5.60 Å². The highest BCUT2D eigenvalue weighted by Gasteiger charge is 2.23. The van der Waals surface area contributed by atoms with Crippen molar-refractivity contribution >= 4 is 7.48 Å². The predicted molar refractivity (Wildman–Crippen MR) is 59.3 cm³/mol. The van der Waals surface area contributed by atoms with Crippen LogP contribution < -0.4 is 0 Å². The van der Waals surface area contributed by atoms with Crippen LogP contribution >= 0.6 is 0 Å². The normalized spacial score (nSPS) is 18.2. The van der Waals surface area contributed by atoms with Crippen LogP contribution in [0.3, 0.4) is 0 Å². The maximum absolute atomic E-state index is 5.78. The largest absolute Gasteiger partial charge is 0.430 e. The molecule has 1 aliphatic rings. The summed E-state index contributed by atoms with van der Waals surface area (Å²) in [5, 5.41) is 0. The molecule has 79 valence electrons.